The van der Waals surface area contributed by atoms with Crippen molar-refractivity contribution < 1.29 is 9.53 Å². The van der Waals surface area contributed by atoms with Crippen LogP contribution in [-0.2, 0) is 17.6 Å². The van der Waals surface area contributed by atoms with E-state index < -0.39 is 0 Å². The molecule has 0 aliphatic carbocycles. The van der Waals surface area contributed by atoms with Gasteiger partial charge in [0, 0.05) is 29.5 Å². The van der Waals surface area contributed by atoms with Crippen LogP contribution in [0.4, 0.5) is 0 Å². The van der Waals surface area contributed by atoms with Crippen molar-refractivity contribution in [3.05, 3.63) is 63.7 Å². The Morgan fingerprint density at radius 3 is 2.44 bits per heavy atom. The van der Waals surface area contributed by atoms with E-state index in [-0.39, 0.29) is 0 Å². The van der Waals surface area contributed by atoms with Crippen LogP contribution in [0.2, 0.25) is 0 Å². The molecule has 0 fully saturated rings. The van der Waals surface area contributed by atoms with Crippen LogP contribution in [0.25, 0.3) is 0 Å². The minimum absolute atomic E-state index is 0.312. The van der Waals surface area contributed by atoms with E-state index in [4.69, 9.17) is 11.2 Å². The molecular weight excluding hydrogens is 332 g/mol. The zero-order valence-corrected chi connectivity index (χ0v) is 16.6. The third kappa shape index (κ3) is 5.02. The summed E-state index contributed by atoms with van der Waals surface area (Å²) in [5.74, 6) is 10.5. The Hall–Kier alpha value is -2.97. The van der Waals surface area contributed by atoms with Gasteiger partial charge in [-0.1, -0.05) is 37.8 Å². The maximum Gasteiger partial charge on any atom is 0.127 e. The smallest absolute Gasteiger partial charge is 0.127 e. The van der Waals surface area contributed by atoms with Gasteiger partial charge in [-0.3, -0.25) is 0 Å². The zero-order valence-electron chi connectivity index (χ0n) is 16.6. The van der Waals surface area contributed by atoms with Crippen LogP contribution < -0.4 is 4.74 Å². The summed E-state index contributed by atoms with van der Waals surface area (Å²) in [7, 11) is 0. The number of hydrogen-bond acceptors (Lipinski definition) is 2. The molecule has 2 rings (SSSR count). The van der Waals surface area contributed by atoms with E-state index in [2.05, 4.69) is 44.6 Å². The minimum atomic E-state index is 0.312. The maximum absolute atomic E-state index is 10.6. The molecule has 2 aromatic carbocycles. The molecule has 0 spiro atoms. The Labute approximate surface area is 163 Å². The maximum atomic E-state index is 10.6. The van der Waals surface area contributed by atoms with Gasteiger partial charge in [0.1, 0.15) is 12.0 Å². The number of carbonyl (C=O) groups is 1. The van der Waals surface area contributed by atoms with Crippen molar-refractivity contribution in [3.63, 3.8) is 0 Å². The predicted octanol–water partition coefficient (Wildman–Crippen LogP) is 4.83. The minimum Gasteiger partial charge on any atom is -0.493 e. The van der Waals surface area contributed by atoms with Gasteiger partial charge in [-0.25, -0.2) is 0 Å². The second kappa shape index (κ2) is 9.65. The van der Waals surface area contributed by atoms with E-state index in [9.17, 15) is 4.79 Å². The molecule has 0 N–H and O–H groups in total. The molecule has 0 radical (unpaired) electrons. The van der Waals surface area contributed by atoms with E-state index in [1.807, 2.05) is 31.2 Å². The van der Waals surface area contributed by atoms with Crippen molar-refractivity contribution in [2.45, 2.75) is 46.5 Å². The average Bonchev–Trinajstić information content (AvgIpc) is 2.65. The standard InChI is InChI=1S/C25H26O2/c1-6-8-23-19(5)22(17-24(18(3)4)25(23)27-7-2)14-13-20-9-11-21(12-10-20)15-16-26/h1,9-12,16-18H,7-8,15H2,2-5H3. The van der Waals surface area contributed by atoms with E-state index in [0.29, 0.717) is 25.4 Å². The van der Waals surface area contributed by atoms with Gasteiger partial charge >= 0.3 is 0 Å². The molecule has 0 atom stereocenters. The van der Waals surface area contributed by atoms with Crippen molar-refractivity contribution in [2.24, 2.45) is 0 Å². The van der Waals surface area contributed by atoms with Crippen molar-refractivity contribution in [1.82, 2.24) is 0 Å². The molecule has 0 saturated heterocycles. The van der Waals surface area contributed by atoms with Crippen molar-refractivity contribution >= 4 is 6.29 Å². The molecule has 138 valence electrons. The molecule has 2 heteroatoms. The fourth-order valence-electron chi connectivity index (χ4n) is 2.98. The highest BCUT2D eigenvalue weighted by molar-refractivity contribution is 5.59. The Morgan fingerprint density at radius 2 is 1.89 bits per heavy atom. The van der Waals surface area contributed by atoms with E-state index in [1.165, 1.54) is 0 Å². The van der Waals surface area contributed by atoms with Gasteiger partial charge in [0.05, 0.1) is 6.61 Å². The van der Waals surface area contributed by atoms with Crippen LogP contribution >= 0.6 is 0 Å². The second-order valence-electron chi connectivity index (χ2n) is 6.73. The lowest BCUT2D eigenvalue weighted by atomic mass is 9.90. The molecule has 0 unspecified atom stereocenters. The fourth-order valence-corrected chi connectivity index (χ4v) is 2.98. The molecule has 2 aromatic rings. The molecule has 0 aliphatic rings. The summed E-state index contributed by atoms with van der Waals surface area (Å²) >= 11 is 0. The topological polar surface area (TPSA) is 26.3 Å². The molecule has 0 bridgehead atoms. The highest BCUT2D eigenvalue weighted by Gasteiger charge is 2.17. The summed E-state index contributed by atoms with van der Waals surface area (Å²) in [6.45, 7) is 8.94. The number of hydrogen-bond donors (Lipinski definition) is 0. The van der Waals surface area contributed by atoms with Crippen LogP contribution in [-0.4, -0.2) is 12.9 Å². The first-order valence-electron chi connectivity index (χ1n) is 9.29. The lowest BCUT2D eigenvalue weighted by Gasteiger charge is -2.20. The van der Waals surface area contributed by atoms with Crippen LogP contribution in [0.15, 0.2) is 30.3 Å². The van der Waals surface area contributed by atoms with Gasteiger partial charge in [-0.15, -0.1) is 12.3 Å². The van der Waals surface area contributed by atoms with Crippen LogP contribution in [0, 0.1) is 31.1 Å². The SMILES string of the molecule is C#CCc1c(C)c(C#Cc2ccc(CC=O)cc2)cc(C(C)C)c1OCC. The second-order valence-corrected chi connectivity index (χ2v) is 6.73. The van der Waals surface area contributed by atoms with Gasteiger partial charge in [-0.05, 0) is 54.7 Å². The van der Waals surface area contributed by atoms with Gasteiger partial charge in [0.15, 0.2) is 0 Å². The first kappa shape index (κ1) is 20.3. The molecule has 2 nitrogen and oxygen atoms in total. The number of ether oxygens (including phenoxy) is 1. The molecule has 0 amide bonds. The molecular formula is C25H26O2. The summed E-state index contributed by atoms with van der Waals surface area (Å²) in [5, 5.41) is 0. The number of terminal acetylenes is 1. The van der Waals surface area contributed by atoms with Crippen LogP contribution in [0.5, 0.6) is 5.75 Å². The third-order valence-corrected chi connectivity index (χ3v) is 4.50. The van der Waals surface area contributed by atoms with Gasteiger partial charge in [-0.2, -0.15) is 0 Å². The van der Waals surface area contributed by atoms with Crippen molar-refractivity contribution in [3.8, 4) is 29.9 Å². The van der Waals surface area contributed by atoms with Gasteiger partial charge in [0.25, 0.3) is 0 Å². The summed E-state index contributed by atoms with van der Waals surface area (Å²) in [6.07, 6.45) is 7.47. The molecule has 0 heterocycles. The van der Waals surface area contributed by atoms with Gasteiger partial charge in [0.2, 0.25) is 0 Å². The monoisotopic (exact) mass is 358 g/mol. The predicted molar refractivity (Wildman–Crippen MR) is 111 cm³/mol. The Morgan fingerprint density at radius 1 is 1.19 bits per heavy atom. The molecule has 0 aliphatic heterocycles. The number of rotatable bonds is 6. The van der Waals surface area contributed by atoms with E-state index >= 15 is 0 Å². The fraction of sp³-hybridized carbons (Fsp3) is 0.320. The van der Waals surface area contributed by atoms with E-state index in [0.717, 1.165) is 45.4 Å². The van der Waals surface area contributed by atoms with Crippen LogP contribution in [0.1, 0.15) is 60.1 Å². The van der Waals surface area contributed by atoms with Gasteiger partial charge < -0.3 is 9.53 Å². The number of benzene rings is 2. The summed E-state index contributed by atoms with van der Waals surface area (Å²) in [4.78, 5) is 10.6. The Kier molecular flexibility index (Phi) is 7.27. The van der Waals surface area contributed by atoms with Crippen molar-refractivity contribution in [2.75, 3.05) is 6.61 Å². The lowest BCUT2D eigenvalue weighted by molar-refractivity contribution is -0.107. The summed E-state index contributed by atoms with van der Waals surface area (Å²) in [5.41, 5.74) is 6.15. The summed E-state index contributed by atoms with van der Waals surface area (Å²) < 4.78 is 5.94. The van der Waals surface area contributed by atoms with Crippen molar-refractivity contribution in [1.29, 1.82) is 0 Å². The average molecular weight is 358 g/mol. The highest BCUT2D eigenvalue weighted by Crippen LogP contribution is 2.35. The number of carbonyl (C=O) groups excluding carboxylic acids is 1. The summed E-state index contributed by atoms with van der Waals surface area (Å²) in [6, 6.07) is 9.89. The third-order valence-electron chi connectivity index (χ3n) is 4.50. The Balaban J connectivity index is 2.51. The first-order chi connectivity index (χ1) is 13.0. The quantitative estimate of drug-likeness (QED) is 0.546. The zero-order chi connectivity index (χ0) is 19.8. The highest BCUT2D eigenvalue weighted by atomic mass is 16.5. The molecule has 0 saturated carbocycles. The van der Waals surface area contributed by atoms with Crippen LogP contribution in [0.3, 0.4) is 0 Å². The molecule has 27 heavy (non-hydrogen) atoms. The van der Waals surface area contributed by atoms with E-state index in [1.54, 1.807) is 0 Å². The molecule has 0 aromatic heterocycles. The first-order valence-corrected chi connectivity index (χ1v) is 9.29. The largest absolute Gasteiger partial charge is 0.493 e. The number of aldehydes is 1. The normalized spacial score (nSPS) is 10.1. The Bertz CT molecular complexity index is 901. The lowest BCUT2D eigenvalue weighted by Crippen LogP contribution is -2.06.